The van der Waals surface area contributed by atoms with Gasteiger partial charge in [-0.2, -0.15) is 0 Å². The second kappa shape index (κ2) is 16.8. The monoisotopic (exact) mass is 887 g/mol. The van der Waals surface area contributed by atoms with E-state index in [1.54, 1.807) is 12.3 Å². The molecule has 0 unspecified atom stereocenters. The summed E-state index contributed by atoms with van der Waals surface area (Å²) in [6.07, 6.45) is 1.70. The molecule has 11 rings (SSSR count). The third-order valence-electron chi connectivity index (χ3n) is 13.4. The van der Waals surface area contributed by atoms with Crippen LogP contribution in [0, 0.1) is 6.85 Å². The Bertz CT molecular complexity index is 3610. The average molecular weight is 888 g/mol. The first-order chi connectivity index (χ1) is 34.1. The van der Waals surface area contributed by atoms with Gasteiger partial charge in [0, 0.05) is 55.6 Å². The van der Waals surface area contributed by atoms with Crippen LogP contribution in [-0.2, 0) is 10.8 Å². The Balaban J connectivity index is 0.987. The molecule has 68 heavy (non-hydrogen) atoms. The molecule has 8 aromatic carbocycles. The fraction of sp³-hybridized carbons (Fsp3) is 0.159. The normalized spacial score (nSPS) is 13.6. The second-order valence-corrected chi connectivity index (χ2v) is 19.9. The number of hydrogen-bond donors (Lipinski definition) is 0. The number of benzene rings is 8. The third kappa shape index (κ3) is 7.78. The molecule has 0 spiro atoms. The zero-order chi connectivity index (χ0) is 49.2. The Labute approximate surface area is 404 Å². The Morgan fingerprint density at radius 2 is 1.09 bits per heavy atom. The lowest BCUT2D eigenvalue weighted by Crippen LogP contribution is -2.25. The summed E-state index contributed by atoms with van der Waals surface area (Å²) in [7, 11) is 0. The van der Waals surface area contributed by atoms with Gasteiger partial charge < -0.3 is 14.5 Å². The summed E-state index contributed by atoms with van der Waals surface area (Å²) >= 11 is 0. The topological polar surface area (TPSA) is 33.5 Å². The maximum absolute atomic E-state index is 8.63. The number of pyridine rings is 1. The van der Waals surface area contributed by atoms with Gasteiger partial charge in [0.25, 0.3) is 0 Å². The molecule has 0 saturated carbocycles. The fourth-order valence-electron chi connectivity index (χ4n) is 9.74. The lowest BCUT2D eigenvalue weighted by Gasteiger charge is -2.27. The van der Waals surface area contributed by atoms with Gasteiger partial charge in [-0.05, 0) is 106 Å². The molecule has 0 N–H and O–H groups in total. The number of rotatable bonds is 8. The van der Waals surface area contributed by atoms with Crippen LogP contribution in [0.25, 0.3) is 61.0 Å². The molecule has 334 valence electrons. The van der Waals surface area contributed by atoms with Gasteiger partial charge in [-0.25, -0.2) is 4.98 Å². The van der Waals surface area contributed by atoms with Gasteiger partial charge in [-0.1, -0.05) is 169 Å². The molecule has 1 aliphatic heterocycles. The van der Waals surface area contributed by atoms with E-state index < -0.39 is 6.85 Å². The first kappa shape index (κ1) is 39.3. The Kier molecular flexibility index (Phi) is 9.69. The van der Waals surface area contributed by atoms with E-state index in [-0.39, 0.29) is 16.4 Å². The molecule has 2 aromatic heterocycles. The maximum Gasteiger partial charge on any atom is 0.137 e. The van der Waals surface area contributed by atoms with Crippen LogP contribution >= 0.6 is 0 Å². The van der Waals surface area contributed by atoms with Crippen LogP contribution in [0.15, 0.2) is 200 Å². The number of fused-ring (bicyclic) bond motifs is 4. The highest BCUT2D eigenvalue weighted by Gasteiger charge is 2.32. The number of nitrogens with zero attached hydrogens (tertiary/aromatic N) is 4. The van der Waals surface area contributed by atoms with E-state index in [2.05, 4.69) is 189 Å². The third-order valence-corrected chi connectivity index (χ3v) is 13.4. The second-order valence-electron chi connectivity index (χ2n) is 19.9. The standard InChI is InChI=1S/C63H56N4O/c1-42-36-60(64-40-55(42)44-20-12-9-13-21-44)67-56-35-32-47(63(5,6)7)37-54(56)53-34-33-50(39-59(53)67)68-49-23-16-22-48(38-49)65-41-66(58-27-15-14-26-57(58)65)61-51(43-18-10-8-11-19-43)24-17-25-52(61)45-28-30-46(31-29-45)62(2,3)4/h8-40H,41H2,1-7H3/i1D3. The van der Waals surface area contributed by atoms with Crippen LogP contribution in [0.2, 0.25) is 0 Å². The number of ether oxygens (including phenoxy) is 1. The van der Waals surface area contributed by atoms with Crippen molar-refractivity contribution in [1.29, 1.82) is 0 Å². The average Bonchev–Trinajstić information content (AvgIpc) is 3.91. The molecule has 0 fully saturated rings. The quantitative estimate of drug-likeness (QED) is 0.152. The van der Waals surface area contributed by atoms with Crippen molar-refractivity contribution in [1.82, 2.24) is 9.55 Å². The van der Waals surface area contributed by atoms with Crippen molar-refractivity contribution < 1.29 is 8.85 Å². The summed E-state index contributed by atoms with van der Waals surface area (Å²) in [4.78, 5) is 9.79. The van der Waals surface area contributed by atoms with Gasteiger partial charge >= 0.3 is 0 Å². The van der Waals surface area contributed by atoms with Gasteiger partial charge in [0.1, 0.15) is 24.0 Å². The van der Waals surface area contributed by atoms with E-state index in [9.17, 15) is 0 Å². The number of anilines is 4. The smallest absolute Gasteiger partial charge is 0.137 e. The lowest BCUT2D eigenvalue weighted by molar-refractivity contribution is 0.483. The molecule has 0 amide bonds. The van der Waals surface area contributed by atoms with Crippen molar-refractivity contribution in [2.24, 2.45) is 0 Å². The SMILES string of the molecule is [2H]C([2H])([2H])c1cc(-n2c3ccc(C(C)(C)C)cc3c3ccc(Oc4cccc(N5CN(c6c(-c7ccccc7)cccc6-c6ccc(C(C)(C)C)cc6)c6ccccc65)c4)cc32)ncc1-c1ccccc1. The van der Waals surface area contributed by atoms with Gasteiger partial charge in [-0.15, -0.1) is 0 Å². The van der Waals surface area contributed by atoms with Gasteiger partial charge in [0.2, 0.25) is 0 Å². The van der Waals surface area contributed by atoms with Gasteiger partial charge in [-0.3, -0.25) is 4.57 Å². The van der Waals surface area contributed by atoms with Crippen LogP contribution in [0.4, 0.5) is 22.7 Å². The summed E-state index contributed by atoms with van der Waals surface area (Å²) in [5, 5.41) is 2.08. The summed E-state index contributed by atoms with van der Waals surface area (Å²) < 4.78 is 34.8. The highest BCUT2D eigenvalue weighted by atomic mass is 16.5. The number of hydrogen-bond acceptors (Lipinski definition) is 4. The number of aromatic nitrogens is 2. The van der Waals surface area contributed by atoms with Crippen molar-refractivity contribution in [3.05, 3.63) is 217 Å². The number of aryl methyl sites for hydroxylation is 1. The van der Waals surface area contributed by atoms with Crippen LogP contribution in [-0.4, -0.2) is 16.2 Å². The van der Waals surface area contributed by atoms with E-state index in [1.165, 1.54) is 22.3 Å². The Hall–Kier alpha value is -7.89. The highest BCUT2D eigenvalue weighted by molar-refractivity contribution is 6.10. The van der Waals surface area contributed by atoms with E-state index in [0.717, 1.165) is 61.2 Å². The Morgan fingerprint density at radius 1 is 0.485 bits per heavy atom. The molecule has 0 radical (unpaired) electrons. The molecule has 1 aliphatic rings. The maximum atomic E-state index is 8.63. The molecular formula is C63H56N4O. The van der Waals surface area contributed by atoms with Crippen molar-refractivity contribution in [2.75, 3.05) is 16.5 Å². The molecule has 3 heterocycles. The van der Waals surface area contributed by atoms with Crippen molar-refractivity contribution >= 4 is 44.6 Å². The minimum absolute atomic E-state index is 0.0455. The van der Waals surface area contributed by atoms with Crippen molar-refractivity contribution in [3.8, 4) is 50.7 Å². The molecule has 0 bridgehead atoms. The number of para-hydroxylation sites is 3. The van der Waals surface area contributed by atoms with Crippen molar-refractivity contribution in [2.45, 2.75) is 59.2 Å². The summed E-state index contributed by atoms with van der Waals surface area (Å²) in [6.45, 7) is 11.6. The van der Waals surface area contributed by atoms with Crippen LogP contribution in [0.1, 0.15) is 62.3 Å². The zero-order valence-corrected chi connectivity index (χ0v) is 39.5. The summed E-state index contributed by atoms with van der Waals surface area (Å²) in [6, 6.07) is 67.4. The lowest BCUT2D eigenvalue weighted by atomic mass is 9.86. The predicted molar refractivity (Wildman–Crippen MR) is 286 cm³/mol. The van der Waals surface area contributed by atoms with Crippen molar-refractivity contribution in [3.63, 3.8) is 0 Å². The molecule has 0 saturated heterocycles. The molecule has 5 heteroatoms. The Morgan fingerprint density at radius 3 is 1.76 bits per heavy atom. The summed E-state index contributed by atoms with van der Waals surface area (Å²) in [5.74, 6) is 1.86. The van der Waals surface area contributed by atoms with Gasteiger partial charge in [0.05, 0.1) is 28.1 Å². The predicted octanol–water partition coefficient (Wildman–Crippen LogP) is 17.1. The van der Waals surface area contributed by atoms with Gasteiger partial charge in [0.15, 0.2) is 0 Å². The molecular weight excluding hydrogens is 829 g/mol. The van der Waals surface area contributed by atoms with E-state index >= 15 is 0 Å². The molecule has 0 aliphatic carbocycles. The zero-order valence-electron chi connectivity index (χ0n) is 42.5. The first-order valence-electron chi connectivity index (χ1n) is 25.0. The largest absolute Gasteiger partial charge is 0.457 e. The molecule has 10 aromatic rings. The summed E-state index contributed by atoms with van der Waals surface area (Å²) in [5.41, 5.74) is 14.9. The van der Waals surface area contributed by atoms with E-state index in [0.29, 0.717) is 29.5 Å². The van der Waals surface area contributed by atoms with E-state index in [4.69, 9.17) is 13.8 Å². The molecule has 0 atom stereocenters. The fourth-order valence-corrected chi connectivity index (χ4v) is 9.74. The first-order valence-corrected chi connectivity index (χ1v) is 23.5. The van der Waals surface area contributed by atoms with Crippen LogP contribution in [0.5, 0.6) is 11.5 Å². The minimum Gasteiger partial charge on any atom is -0.457 e. The minimum atomic E-state index is -2.38. The van der Waals surface area contributed by atoms with Crippen LogP contribution in [0.3, 0.4) is 0 Å². The van der Waals surface area contributed by atoms with E-state index in [1.807, 2.05) is 54.6 Å². The molecule has 5 nitrogen and oxygen atoms in total. The highest BCUT2D eigenvalue weighted by Crippen LogP contribution is 2.50. The van der Waals surface area contributed by atoms with Crippen LogP contribution < -0.4 is 14.5 Å².